The SMILES string of the molecule is O=[N+]([O-])c1ccc(CCC2(O)CC2)cc1Cl. The number of rotatable bonds is 4. The number of aryl methyl sites for hydroxylation is 1. The van der Waals surface area contributed by atoms with Gasteiger partial charge in [-0.15, -0.1) is 0 Å². The summed E-state index contributed by atoms with van der Waals surface area (Å²) < 4.78 is 0. The van der Waals surface area contributed by atoms with Crippen LogP contribution in [0.2, 0.25) is 5.02 Å². The first-order valence-corrected chi connectivity index (χ1v) is 5.53. The van der Waals surface area contributed by atoms with E-state index in [1.165, 1.54) is 6.07 Å². The van der Waals surface area contributed by atoms with Crippen LogP contribution < -0.4 is 0 Å². The van der Waals surface area contributed by atoms with Gasteiger partial charge in [0.15, 0.2) is 0 Å². The third kappa shape index (κ3) is 2.51. The fourth-order valence-electron chi connectivity index (χ4n) is 1.63. The van der Waals surface area contributed by atoms with Gasteiger partial charge in [0.25, 0.3) is 5.69 Å². The monoisotopic (exact) mass is 241 g/mol. The minimum absolute atomic E-state index is 0.0736. The van der Waals surface area contributed by atoms with Gasteiger partial charge >= 0.3 is 0 Å². The number of hydrogen-bond acceptors (Lipinski definition) is 3. The predicted octanol–water partition coefficient (Wildman–Crippen LogP) is 2.71. The standard InChI is InChI=1S/C11H12ClNO3/c12-9-7-8(1-2-10(9)13(15)16)3-4-11(14)5-6-11/h1-2,7,14H,3-6H2. The first kappa shape index (κ1) is 11.4. The smallest absolute Gasteiger partial charge is 0.287 e. The van der Waals surface area contributed by atoms with Crippen LogP contribution in [0, 0.1) is 10.1 Å². The summed E-state index contributed by atoms with van der Waals surface area (Å²) in [4.78, 5) is 10.0. The van der Waals surface area contributed by atoms with Gasteiger partial charge < -0.3 is 5.11 Å². The Kier molecular flexibility index (Phi) is 2.86. The highest BCUT2D eigenvalue weighted by molar-refractivity contribution is 6.32. The number of halogens is 1. The molecule has 1 saturated carbocycles. The van der Waals surface area contributed by atoms with Crippen molar-refractivity contribution in [1.82, 2.24) is 0 Å². The number of nitrogens with zero attached hydrogens (tertiary/aromatic N) is 1. The Hall–Kier alpha value is -1.13. The lowest BCUT2D eigenvalue weighted by molar-refractivity contribution is -0.384. The lowest BCUT2D eigenvalue weighted by atomic mass is 10.1. The summed E-state index contributed by atoms with van der Waals surface area (Å²) in [6.07, 6.45) is 3.11. The molecule has 1 fully saturated rings. The Morgan fingerprint density at radius 3 is 2.69 bits per heavy atom. The highest BCUT2D eigenvalue weighted by atomic mass is 35.5. The minimum Gasteiger partial charge on any atom is -0.390 e. The van der Waals surface area contributed by atoms with E-state index < -0.39 is 10.5 Å². The molecule has 0 spiro atoms. The molecule has 1 aliphatic rings. The van der Waals surface area contributed by atoms with Crippen molar-refractivity contribution in [3.63, 3.8) is 0 Å². The second-order valence-corrected chi connectivity index (χ2v) is 4.67. The van der Waals surface area contributed by atoms with Crippen LogP contribution in [0.15, 0.2) is 18.2 Å². The van der Waals surface area contributed by atoms with Crippen LogP contribution in [0.1, 0.15) is 24.8 Å². The quantitative estimate of drug-likeness (QED) is 0.651. The van der Waals surface area contributed by atoms with Crippen LogP contribution in [0.3, 0.4) is 0 Å². The van der Waals surface area contributed by atoms with Gasteiger partial charge in [-0.25, -0.2) is 0 Å². The van der Waals surface area contributed by atoms with Crippen LogP contribution in [0.4, 0.5) is 5.69 Å². The second-order valence-electron chi connectivity index (χ2n) is 4.27. The van der Waals surface area contributed by atoms with E-state index in [2.05, 4.69) is 0 Å². The molecule has 1 N–H and O–H groups in total. The molecule has 2 rings (SSSR count). The van der Waals surface area contributed by atoms with E-state index in [1.807, 2.05) is 0 Å². The van der Waals surface area contributed by atoms with Crippen LogP contribution >= 0.6 is 11.6 Å². The Morgan fingerprint density at radius 2 is 2.19 bits per heavy atom. The molecule has 0 unspecified atom stereocenters. The van der Waals surface area contributed by atoms with Gasteiger partial charge in [-0.3, -0.25) is 10.1 Å². The van der Waals surface area contributed by atoms with E-state index in [4.69, 9.17) is 11.6 Å². The zero-order chi connectivity index (χ0) is 11.8. The molecule has 4 nitrogen and oxygen atoms in total. The molecule has 0 saturated heterocycles. The van der Waals surface area contributed by atoms with Crippen molar-refractivity contribution in [1.29, 1.82) is 0 Å². The first-order chi connectivity index (χ1) is 7.50. The highest BCUT2D eigenvalue weighted by Gasteiger charge is 2.39. The van der Waals surface area contributed by atoms with E-state index in [-0.39, 0.29) is 10.7 Å². The molecule has 0 radical (unpaired) electrons. The number of hydrogen-bond donors (Lipinski definition) is 1. The predicted molar refractivity (Wildman–Crippen MR) is 60.6 cm³/mol. The van der Waals surface area contributed by atoms with Crippen molar-refractivity contribution in [2.24, 2.45) is 0 Å². The van der Waals surface area contributed by atoms with Gasteiger partial charge in [0, 0.05) is 6.07 Å². The number of aliphatic hydroxyl groups is 1. The maximum atomic E-state index is 10.5. The summed E-state index contributed by atoms with van der Waals surface area (Å²) in [7, 11) is 0. The molecule has 1 aliphatic carbocycles. The van der Waals surface area contributed by atoms with E-state index in [1.54, 1.807) is 12.1 Å². The molecule has 0 aliphatic heterocycles. The van der Waals surface area contributed by atoms with Crippen molar-refractivity contribution >= 4 is 17.3 Å². The summed E-state index contributed by atoms with van der Waals surface area (Å²) in [5, 5.41) is 20.4. The Labute approximate surface area is 98.0 Å². The van der Waals surface area contributed by atoms with Crippen molar-refractivity contribution in [2.45, 2.75) is 31.3 Å². The fourth-order valence-corrected chi connectivity index (χ4v) is 1.90. The highest BCUT2D eigenvalue weighted by Crippen LogP contribution is 2.39. The van der Waals surface area contributed by atoms with Crippen LogP contribution in [-0.2, 0) is 6.42 Å². The summed E-state index contributed by atoms with van der Waals surface area (Å²) in [6.45, 7) is 0. The summed E-state index contributed by atoms with van der Waals surface area (Å²) >= 11 is 5.79. The van der Waals surface area contributed by atoms with Gasteiger partial charge in [0.05, 0.1) is 10.5 Å². The Morgan fingerprint density at radius 1 is 1.50 bits per heavy atom. The van der Waals surface area contributed by atoms with Crippen molar-refractivity contribution in [3.8, 4) is 0 Å². The first-order valence-electron chi connectivity index (χ1n) is 5.15. The number of nitro benzene ring substituents is 1. The molecule has 0 bridgehead atoms. The molecule has 0 amide bonds. The van der Waals surface area contributed by atoms with Gasteiger partial charge in [0.1, 0.15) is 5.02 Å². The molecule has 86 valence electrons. The zero-order valence-corrected chi connectivity index (χ0v) is 9.41. The van der Waals surface area contributed by atoms with E-state index in [0.717, 1.165) is 18.4 Å². The lowest BCUT2D eigenvalue weighted by Crippen LogP contribution is -2.07. The van der Waals surface area contributed by atoms with Crippen molar-refractivity contribution in [2.75, 3.05) is 0 Å². The van der Waals surface area contributed by atoms with Crippen molar-refractivity contribution < 1.29 is 10.0 Å². The van der Waals surface area contributed by atoms with Gasteiger partial charge in [-0.1, -0.05) is 17.7 Å². The maximum Gasteiger partial charge on any atom is 0.287 e. The molecule has 1 aromatic rings. The molecular formula is C11H12ClNO3. The van der Waals surface area contributed by atoms with Crippen LogP contribution in [0.5, 0.6) is 0 Å². The third-order valence-corrected chi connectivity index (χ3v) is 3.22. The van der Waals surface area contributed by atoms with Crippen LogP contribution in [-0.4, -0.2) is 15.6 Å². The Balaban J connectivity index is 2.05. The molecule has 0 atom stereocenters. The fraction of sp³-hybridized carbons (Fsp3) is 0.455. The third-order valence-electron chi connectivity index (χ3n) is 2.91. The maximum absolute atomic E-state index is 10.5. The average molecular weight is 242 g/mol. The average Bonchev–Trinajstić information content (AvgIpc) is 2.94. The van der Waals surface area contributed by atoms with Crippen LogP contribution in [0.25, 0.3) is 0 Å². The molecule has 0 heterocycles. The minimum atomic E-state index is -0.499. The largest absolute Gasteiger partial charge is 0.390 e. The molecule has 1 aromatic carbocycles. The summed E-state index contributed by atoms with van der Waals surface area (Å²) in [6, 6.07) is 4.70. The molecule has 5 heteroatoms. The van der Waals surface area contributed by atoms with Gasteiger partial charge in [-0.05, 0) is 37.3 Å². The van der Waals surface area contributed by atoms with Gasteiger partial charge in [-0.2, -0.15) is 0 Å². The van der Waals surface area contributed by atoms with E-state index in [9.17, 15) is 15.2 Å². The Bertz CT molecular complexity index is 429. The summed E-state index contributed by atoms with van der Waals surface area (Å²) in [5.41, 5.74) is 0.361. The lowest BCUT2D eigenvalue weighted by Gasteiger charge is -2.07. The second kappa shape index (κ2) is 4.03. The summed E-state index contributed by atoms with van der Waals surface area (Å²) in [5.74, 6) is 0. The van der Waals surface area contributed by atoms with Gasteiger partial charge in [0.2, 0.25) is 0 Å². The van der Waals surface area contributed by atoms with E-state index >= 15 is 0 Å². The number of nitro groups is 1. The topological polar surface area (TPSA) is 63.4 Å². The molecule has 0 aromatic heterocycles. The number of benzene rings is 1. The molecule has 16 heavy (non-hydrogen) atoms. The van der Waals surface area contributed by atoms with Crippen molar-refractivity contribution in [3.05, 3.63) is 38.9 Å². The molecular weight excluding hydrogens is 230 g/mol. The van der Waals surface area contributed by atoms with E-state index in [0.29, 0.717) is 12.8 Å². The normalized spacial score (nSPS) is 17.1. The zero-order valence-electron chi connectivity index (χ0n) is 8.65.